The van der Waals surface area contributed by atoms with Crippen molar-refractivity contribution in [1.29, 1.82) is 0 Å². The number of rotatable bonds is 9. The van der Waals surface area contributed by atoms with E-state index in [0.29, 0.717) is 32.3 Å². The second-order valence-electron chi connectivity index (χ2n) is 8.08. The number of nitrogens with zero attached hydrogens (tertiary/aromatic N) is 2. The lowest BCUT2D eigenvalue weighted by molar-refractivity contribution is 0.552. The molecule has 0 aliphatic rings. The summed E-state index contributed by atoms with van der Waals surface area (Å²) in [6, 6.07) is 10.0. The zero-order chi connectivity index (χ0) is 25.8. The van der Waals surface area contributed by atoms with Gasteiger partial charge in [-0.15, -0.1) is 0 Å². The Morgan fingerprint density at radius 1 is 1.14 bits per heavy atom. The summed E-state index contributed by atoms with van der Waals surface area (Å²) in [6.45, 7) is 7.82. The minimum Gasteiger partial charge on any atom is -0.318 e. The van der Waals surface area contributed by atoms with Gasteiger partial charge in [0.15, 0.2) is 5.16 Å². The molecule has 0 saturated carbocycles. The molecule has 0 spiro atoms. The van der Waals surface area contributed by atoms with Crippen molar-refractivity contribution in [2.75, 3.05) is 0 Å². The first kappa shape index (κ1) is 27.8. The maximum Gasteiger partial charge on any atom is 0.168 e. The maximum absolute atomic E-state index is 14.3. The van der Waals surface area contributed by atoms with Crippen LogP contribution in [0.4, 0.5) is 8.78 Å². The molecule has 0 unspecified atom stereocenters. The minimum atomic E-state index is -0.598. The molecule has 0 aliphatic carbocycles. The van der Waals surface area contributed by atoms with Crippen LogP contribution >= 0.6 is 58.2 Å². The highest BCUT2D eigenvalue weighted by Crippen LogP contribution is 2.37. The van der Waals surface area contributed by atoms with Crippen molar-refractivity contribution in [3.05, 3.63) is 116 Å². The van der Waals surface area contributed by atoms with Crippen molar-refractivity contribution >= 4 is 58.2 Å². The van der Waals surface area contributed by atoms with Crippen molar-refractivity contribution in [1.82, 2.24) is 9.55 Å². The fourth-order valence-electron chi connectivity index (χ4n) is 3.43. The van der Waals surface area contributed by atoms with Crippen molar-refractivity contribution in [3.63, 3.8) is 0 Å². The topological polar surface area (TPSA) is 17.8 Å². The Kier molecular flexibility index (Phi) is 9.53. The monoisotopic (exact) mass is 572 g/mol. The van der Waals surface area contributed by atoms with E-state index in [0.717, 1.165) is 11.3 Å². The molecule has 0 saturated heterocycles. The first-order chi connectivity index (χ1) is 16.6. The molecule has 3 aromatic rings. The normalized spacial score (nSPS) is 12.8. The Labute approximate surface area is 228 Å². The second-order valence-corrected chi connectivity index (χ2v) is 10.7. The molecule has 2 aromatic carbocycles. The highest BCUT2D eigenvalue weighted by molar-refractivity contribution is 7.98. The molecule has 35 heavy (non-hydrogen) atoms. The van der Waals surface area contributed by atoms with Gasteiger partial charge in [-0.1, -0.05) is 96.8 Å². The average Bonchev–Trinajstić information content (AvgIpc) is 3.23. The summed E-state index contributed by atoms with van der Waals surface area (Å²) in [7, 11) is 0. The molecule has 9 heteroatoms. The predicted octanol–water partition coefficient (Wildman–Crippen LogP) is 9.76. The maximum atomic E-state index is 14.3. The van der Waals surface area contributed by atoms with E-state index >= 15 is 0 Å². The lowest BCUT2D eigenvalue weighted by Gasteiger charge is -2.27. The van der Waals surface area contributed by atoms with Crippen LogP contribution in [0.3, 0.4) is 0 Å². The Balaban J connectivity index is 2.01. The highest BCUT2D eigenvalue weighted by Gasteiger charge is 2.29. The number of hydrogen-bond acceptors (Lipinski definition) is 2. The zero-order valence-electron chi connectivity index (χ0n) is 19.0. The van der Waals surface area contributed by atoms with Crippen molar-refractivity contribution in [2.24, 2.45) is 0 Å². The van der Waals surface area contributed by atoms with Crippen LogP contribution in [0.25, 0.3) is 0 Å². The number of aromatic nitrogens is 2. The molecule has 0 bridgehead atoms. The SMILES string of the molecule is C=C/C(Cl)=C(F)\C=C/Cn1c(C(C)(C)c2ccc(Cl)c(Cl)c2)cnc1SCc1c(F)cccc1Cl. The van der Waals surface area contributed by atoms with Gasteiger partial charge in [0.2, 0.25) is 0 Å². The fraction of sp³-hybridized carbons (Fsp3) is 0.192. The number of imidazole rings is 1. The smallest absolute Gasteiger partial charge is 0.168 e. The third-order valence-electron chi connectivity index (χ3n) is 5.47. The summed E-state index contributed by atoms with van der Waals surface area (Å²) < 4.78 is 30.4. The molecule has 2 nitrogen and oxygen atoms in total. The van der Waals surface area contributed by atoms with Crippen LogP contribution in [-0.2, 0) is 17.7 Å². The number of halogens is 6. The van der Waals surface area contributed by atoms with E-state index in [1.807, 2.05) is 30.5 Å². The predicted molar refractivity (Wildman–Crippen MR) is 145 cm³/mol. The fourth-order valence-corrected chi connectivity index (χ4v) is 5.12. The summed E-state index contributed by atoms with van der Waals surface area (Å²) in [6.07, 6.45) is 5.90. The van der Waals surface area contributed by atoms with E-state index in [2.05, 4.69) is 11.6 Å². The molecule has 0 aliphatic heterocycles. The summed E-state index contributed by atoms with van der Waals surface area (Å²) in [4.78, 5) is 4.59. The van der Waals surface area contributed by atoms with Crippen LogP contribution in [-0.4, -0.2) is 9.55 Å². The van der Waals surface area contributed by atoms with Gasteiger partial charge in [-0.25, -0.2) is 13.8 Å². The Hall–Kier alpha value is -1.76. The lowest BCUT2D eigenvalue weighted by atomic mass is 9.81. The first-order valence-electron chi connectivity index (χ1n) is 10.5. The van der Waals surface area contributed by atoms with Crippen molar-refractivity contribution in [3.8, 4) is 0 Å². The molecule has 0 atom stereocenters. The quantitative estimate of drug-likeness (QED) is 0.187. The Bertz CT molecular complexity index is 1280. The van der Waals surface area contributed by atoms with E-state index < -0.39 is 11.2 Å². The van der Waals surface area contributed by atoms with Crippen LogP contribution in [0.15, 0.2) is 83.4 Å². The summed E-state index contributed by atoms with van der Waals surface area (Å²) in [5.74, 6) is -0.708. The molecule has 184 valence electrons. The first-order valence-corrected chi connectivity index (χ1v) is 13.0. The van der Waals surface area contributed by atoms with Crippen LogP contribution in [0.1, 0.15) is 30.7 Å². The van der Waals surface area contributed by atoms with E-state index in [9.17, 15) is 8.78 Å². The highest BCUT2D eigenvalue weighted by atomic mass is 35.5. The minimum absolute atomic E-state index is 0.0768. The molecule has 0 amide bonds. The van der Waals surface area contributed by atoms with Crippen LogP contribution < -0.4 is 0 Å². The van der Waals surface area contributed by atoms with E-state index in [1.54, 1.807) is 30.5 Å². The third kappa shape index (κ3) is 6.52. The van der Waals surface area contributed by atoms with Crippen LogP contribution in [0.5, 0.6) is 0 Å². The van der Waals surface area contributed by atoms with Gasteiger partial charge in [0.05, 0.1) is 21.3 Å². The number of hydrogen-bond donors (Lipinski definition) is 0. The van der Waals surface area contributed by atoms with Gasteiger partial charge in [0, 0.05) is 34.0 Å². The molecule has 0 fully saturated rings. The molecular weight excluding hydrogens is 552 g/mol. The molecule has 0 N–H and O–H groups in total. The summed E-state index contributed by atoms with van der Waals surface area (Å²) in [5.41, 5.74) is 1.63. The second kappa shape index (κ2) is 12.0. The van der Waals surface area contributed by atoms with E-state index in [4.69, 9.17) is 46.4 Å². The molecule has 3 rings (SSSR count). The van der Waals surface area contributed by atoms with Crippen molar-refractivity contribution < 1.29 is 8.78 Å². The standard InChI is InChI=1S/C26H22Cl4F2N2S/c1-4-18(27)23(32)9-6-12-34-24(26(2,3)16-10-11-20(29)21(30)13-16)14-33-25(34)35-15-17-19(28)7-5-8-22(17)31/h4-11,13-14H,1,12,15H2,2-3H3/b9-6-,23-18-. The number of allylic oxidation sites excluding steroid dienone is 5. The molecule has 1 heterocycles. The Morgan fingerprint density at radius 3 is 2.54 bits per heavy atom. The van der Waals surface area contributed by atoms with Crippen molar-refractivity contribution in [2.45, 2.75) is 36.7 Å². The largest absolute Gasteiger partial charge is 0.318 e. The molecular formula is C26H22Cl4F2N2S. The van der Waals surface area contributed by atoms with Crippen LogP contribution in [0.2, 0.25) is 15.1 Å². The van der Waals surface area contributed by atoms with Gasteiger partial charge < -0.3 is 4.57 Å². The van der Waals surface area contributed by atoms with E-state index in [1.165, 1.54) is 30.0 Å². The average molecular weight is 574 g/mol. The molecule has 0 radical (unpaired) electrons. The summed E-state index contributed by atoms with van der Waals surface area (Å²) >= 11 is 25.7. The van der Waals surface area contributed by atoms with E-state index in [-0.39, 0.29) is 16.6 Å². The lowest BCUT2D eigenvalue weighted by Crippen LogP contribution is -2.23. The van der Waals surface area contributed by atoms with Crippen LogP contribution in [0, 0.1) is 5.82 Å². The third-order valence-corrected chi connectivity index (χ3v) is 7.91. The zero-order valence-corrected chi connectivity index (χ0v) is 22.8. The van der Waals surface area contributed by atoms with Gasteiger partial charge >= 0.3 is 0 Å². The van der Waals surface area contributed by atoms with Gasteiger partial charge in [-0.3, -0.25) is 0 Å². The number of thioether (sulfide) groups is 1. The van der Waals surface area contributed by atoms with Gasteiger partial charge in [0.1, 0.15) is 11.6 Å². The number of benzene rings is 2. The summed E-state index contributed by atoms with van der Waals surface area (Å²) in [5, 5.41) is 1.79. The van der Waals surface area contributed by atoms with Gasteiger partial charge in [-0.2, -0.15) is 0 Å². The molecule has 1 aromatic heterocycles. The van der Waals surface area contributed by atoms with Gasteiger partial charge in [-0.05, 0) is 42.0 Å². The van der Waals surface area contributed by atoms with Gasteiger partial charge in [0.25, 0.3) is 0 Å². The Morgan fingerprint density at radius 2 is 1.89 bits per heavy atom.